The smallest absolute Gasteiger partial charge is 0.303 e. The molecule has 2 N–H and O–H groups in total. The van der Waals surface area contributed by atoms with Gasteiger partial charge in [0.25, 0.3) is 0 Å². The summed E-state index contributed by atoms with van der Waals surface area (Å²) >= 11 is 0. The zero-order chi connectivity index (χ0) is 20.3. The molecule has 4 saturated carbocycles. The monoisotopic (exact) mass is 390 g/mol. The number of aliphatic carboxylic acids is 1. The Morgan fingerprint density at radius 1 is 1.00 bits per heavy atom. The van der Waals surface area contributed by atoms with Crippen molar-refractivity contribution in [3.05, 3.63) is 0 Å². The maximum atomic E-state index is 11.0. The lowest BCUT2D eigenvalue weighted by Crippen LogP contribution is -2.60. The molecule has 28 heavy (non-hydrogen) atoms. The van der Waals surface area contributed by atoms with E-state index in [9.17, 15) is 9.90 Å². The van der Waals surface area contributed by atoms with Gasteiger partial charge >= 0.3 is 5.97 Å². The molecule has 160 valence electrons. The van der Waals surface area contributed by atoms with Crippen molar-refractivity contribution in [3.8, 4) is 0 Å². The van der Waals surface area contributed by atoms with Crippen LogP contribution in [0.4, 0.5) is 0 Å². The fraction of sp³-hybridized carbons (Fsp3) is 0.960. The Morgan fingerprint density at radius 2 is 1.75 bits per heavy atom. The predicted molar refractivity (Wildman–Crippen MR) is 112 cm³/mol. The van der Waals surface area contributed by atoms with E-state index in [1.165, 1.54) is 38.5 Å². The highest BCUT2D eigenvalue weighted by atomic mass is 16.4. The third kappa shape index (κ3) is 2.97. The van der Waals surface area contributed by atoms with Crippen molar-refractivity contribution in [2.45, 2.75) is 104 Å². The van der Waals surface area contributed by atoms with Gasteiger partial charge in [-0.1, -0.05) is 27.7 Å². The van der Waals surface area contributed by atoms with E-state index in [1.807, 2.05) is 0 Å². The minimum Gasteiger partial charge on any atom is -0.481 e. The normalized spacial score (nSPS) is 53.2. The number of carbonyl (C=O) groups is 1. The largest absolute Gasteiger partial charge is 0.481 e. The molecule has 0 spiro atoms. The topological polar surface area (TPSA) is 57.5 Å². The molecule has 4 aliphatic carbocycles. The molecule has 0 amide bonds. The average Bonchev–Trinajstić information content (AvgIpc) is 2.93. The Morgan fingerprint density at radius 3 is 2.46 bits per heavy atom. The zero-order valence-electron chi connectivity index (χ0n) is 18.5. The van der Waals surface area contributed by atoms with E-state index in [2.05, 4.69) is 27.7 Å². The summed E-state index contributed by atoms with van der Waals surface area (Å²) in [5.74, 6) is 3.29. The van der Waals surface area contributed by atoms with E-state index in [-0.39, 0.29) is 6.10 Å². The molecular formula is C25H42O3. The van der Waals surface area contributed by atoms with Crippen LogP contribution >= 0.6 is 0 Å². The first-order valence-electron chi connectivity index (χ1n) is 12.0. The van der Waals surface area contributed by atoms with Crippen LogP contribution in [-0.2, 0) is 4.79 Å². The Hall–Kier alpha value is -0.570. The van der Waals surface area contributed by atoms with Crippen LogP contribution in [0.1, 0.15) is 98.3 Å². The van der Waals surface area contributed by atoms with Gasteiger partial charge in [-0.3, -0.25) is 4.79 Å². The summed E-state index contributed by atoms with van der Waals surface area (Å²) < 4.78 is 0. The maximum absolute atomic E-state index is 11.0. The van der Waals surface area contributed by atoms with Crippen LogP contribution in [-0.4, -0.2) is 22.3 Å². The Bertz CT molecular complexity index is 617. The molecule has 3 nitrogen and oxygen atoms in total. The minimum atomic E-state index is -0.643. The van der Waals surface area contributed by atoms with E-state index in [0.717, 1.165) is 55.3 Å². The molecule has 9 atom stereocenters. The highest BCUT2D eigenvalue weighted by Gasteiger charge is 2.64. The minimum absolute atomic E-state index is 0.0965. The van der Waals surface area contributed by atoms with Crippen LogP contribution in [0.2, 0.25) is 0 Å². The van der Waals surface area contributed by atoms with Crippen LogP contribution in [0, 0.1) is 45.8 Å². The summed E-state index contributed by atoms with van der Waals surface area (Å²) in [5.41, 5.74) is 1.09. The molecule has 0 heterocycles. The molecular weight excluding hydrogens is 348 g/mol. The van der Waals surface area contributed by atoms with E-state index < -0.39 is 5.97 Å². The summed E-state index contributed by atoms with van der Waals surface area (Å²) in [4.78, 5) is 11.0. The number of aliphatic hydroxyl groups is 1. The fourth-order valence-corrected chi connectivity index (χ4v) is 9.23. The Kier molecular flexibility index (Phi) is 5.17. The molecule has 3 heteroatoms. The van der Waals surface area contributed by atoms with E-state index in [0.29, 0.717) is 22.7 Å². The van der Waals surface area contributed by atoms with Crippen molar-refractivity contribution in [2.75, 3.05) is 0 Å². The third-order valence-electron chi connectivity index (χ3n) is 10.8. The highest BCUT2D eigenvalue weighted by Crippen LogP contribution is 2.72. The molecule has 0 aliphatic heterocycles. The first-order valence-corrected chi connectivity index (χ1v) is 12.0. The molecule has 4 aliphatic rings. The van der Waals surface area contributed by atoms with E-state index >= 15 is 0 Å². The summed E-state index contributed by atoms with van der Waals surface area (Å²) in [5, 5.41) is 19.5. The predicted octanol–water partition coefficient (Wildman–Crippen LogP) is 5.90. The SMILES string of the molecule is CC1CC2(C)C[C@H](O)CCC2(C)C2CCC3(C)C(CCCC(=O)O)CCC3C12. The number of carboxylic acid groups (broad SMARTS) is 1. The van der Waals surface area contributed by atoms with Gasteiger partial charge in [-0.05, 0) is 110 Å². The Balaban J connectivity index is 1.56. The molecule has 4 fully saturated rings. The lowest BCUT2D eigenvalue weighted by atomic mass is 9.38. The lowest BCUT2D eigenvalue weighted by molar-refractivity contribution is -0.189. The number of fused-ring (bicyclic) bond motifs is 5. The van der Waals surface area contributed by atoms with Gasteiger partial charge in [0.15, 0.2) is 0 Å². The number of carboxylic acids is 1. The van der Waals surface area contributed by atoms with Gasteiger partial charge in [0.2, 0.25) is 0 Å². The third-order valence-corrected chi connectivity index (χ3v) is 10.8. The zero-order valence-corrected chi connectivity index (χ0v) is 18.5. The van der Waals surface area contributed by atoms with Crippen LogP contribution < -0.4 is 0 Å². The van der Waals surface area contributed by atoms with Gasteiger partial charge in [-0.15, -0.1) is 0 Å². The molecule has 0 aromatic rings. The number of hydrogen-bond donors (Lipinski definition) is 2. The molecule has 8 unspecified atom stereocenters. The van der Waals surface area contributed by atoms with Crippen LogP contribution in [0.15, 0.2) is 0 Å². The summed E-state index contributed by atoms with van der Waals surface area (Å²) in [6, 6.07) is 0. The van der Waals surface area contributed by atoms with Gasteiger partial charge in [0.1, 0.15) is 0 Å². The van der Waals surface area contributed by atoms with Crippen LogP contribution in [0.5, 0.6) is 0 Å². The second-order valence-electron chi connectivity index (χ2n) is 12.0. The van der Waals surface area contributed by atoms with E-state index in [1.54, 1.807) is 0 Å². The standard InChI is InChI=1S/C25H42O3/c1-16-14-23(2)15-18(26)10-13-25(23,4)20-11-12-24(3)17(6-5-7-21(27)28)8-9-19(24)22(16)20/h16-20,22,26H,5-15H2,1-4H3,(H,27,28)/t16?,17?,18-,19?,20?,22?,23?,24?,25?/m1/s1. The van der Waals surface area contributed by atoms with Gasteiger partial charge < -0.3 is 10.2 Å². The lowest BCUT2D eigenvalue weighted by Gasteiger charge is -2.67. The maximum Gasteiger partial charge on any atom is 0.303 e. The molecule has 0 bridgehead atoms. The van der Waals surface area contributed by atoms with Crippen LogP contribution in [0.25, 0.3) is 0 Å². The summed E-state index contributed by atoms with van der Waals surface area (Å²) in [6.45, 7) is 10.1. The van der Waals surface area contributed by atoms with Crippen LogP contribution in [0.3, 0.4) is 0 Å². The first-order chi connectivity index (χ1) is 13.1. The van der Waals surface area contributed by atoms with Crippen molar-refractivity contribution in [1.82, 2.24) is 0 Å². The van der Waals surface area contributed by atoms with Gasteiger partial charge in [0, 0.05) is 6.42 Å². The molecule has 0 saturated heterocycles. The van der Waals surface area contributed by atoms with Gasteiger partial charge in [-0.25, -0.2) is 0 Å². The average molecular weight is 391 g/mol. The van der Waals surface area contributed by atoms with Crippen molar-refractivity contribution >= 4 is 5.97 Å². The first kappa shape index (κ1) is 20.7. The van der Waals surface area contributed by atoms with Crippen molar-refractivity contribution in [3.63, 3.8) is 0 Å². The number of hydrogen-bond acceptors (Lipinski definition) is 2. The summed E-state index contributed by atoms with van der Waals surface area (Å²) in [7, 11) is 0. The van der Waals surface area contributed by atoms with Crippen molar-refractivity contribution in [2.24, 2.45) is 45.8 Å². The van der Waals surface area contributed by atoms with Crippen molar-refractivity contribution in [1.29, 1.82) is 0 Å². The molecule has 0 aromatic carbocycles. The molecule has 0 radical (unpaired) electrons. The van der Waals surface area contributed by atoms with Crippen molar-refractivity contribution < 1.29 is 15.0 Å². The van der Waals surface area contributed by atoms with E-state index in [4.69, 9.17) is 5.11 Å². The fourth-order valence-electron chi connectivity index (χ4n) is 9.23. The number of aliphatic hydroxyl groups excluding tert-OH is 1. The second kappa shape index (κ2) is 7.00. The quantitative estimate of drug-likeness (QED) is 0.628. The summed E-state index contributed by atoms with van der Waals surface area (Å²) in [6.07, 6.45) is 12.0. The Labute approximate surface area is 171 Å². The highest BCUT2D eigenvalue weighted by molar-refractivity contribution is 5.66. The molecule has 0 aromatic heterocycles. The number of rotatable bonds is 4. The second-order valence-corrected chi connectivity index (χ2v) is 12.0. The molecule has 4 rings (SSSR count). The van der Waals surface area contributed by atoms with Gasteiger partial charge in [0.05, 0.1) is 6.10 Å². The van der Waals surface area contributed by atoms with Gasteiger partial charge in [-0.2, -0.15) is 0 Å².